The summed E-state index contributed by atoms with van der Waals surface area (Å²) in [5, 5.41) is 0. The van der Waals surface area contributed by atoms with Crippen LogP contribution in [0.2, 0.25) is 0 Å². The van der Waals surface area contributed by atoms with E-state index in [9.17, 15) is 0 Å². The fourth-order valence-electron chi connectivity index (χ4n) is 3.25. The Balaban J connectivity index is 1.60. The number of hydrogen-bond donors (Lipinski definition) is 0. The number of hydrogen-bond acceptors (Lipinski definition) is 1. The summed E-state index contributed by atoms with van der Waals surface area (Å²) < 4.78 is 6.39. The SMILES string of the molecule is c1ccc(Cc2ccccc2Oc2ccccc2Cc2ccccc2)cc1. The molecule has 0 heterocycles. The van der Waals surface area contributed by atoms with Crippen molar-refractivity contribution in [1.82, 2.24) is 0 Å². The van der Waals surface area contributed by atoms with Crippen LogP contribution in [0.4, 0.5) is 0 Å². The summed E-state index contributed by atoms with van der Waals surface area (Å²) in [4.78, 5) is 0. The third-order valence-corrected chi connectivity index (χ3v) is 4.64. The molecular weight excluding hydrogens is 328 g/mol. The van der Waals surface area contributed by atoms with Crippen LogP contribution in [0.25, 0.3) is 0 Å². The Hall–Kier alpha value is -3.32. The van der Waals surface area contributed by atoms with E-state index in [4.69, 9.17) is 4.74 Å². The molecule has 27 heavy (non-hydrogen) atoms. The normalized spacial score (nSPS) is 10.5. The average molecular weight is 350 g/mol. The van der Waals surface area contributed by atoms with Gasteiger partial charge in [-0.3, -0.25) is 0 Å². The molecule has 0 saturated heterocycles. The summed E-state index contributed by atoms with van der Waals surface area (Å²) in [6, 6.07) is 37.6. The lowest BCUT2D eigenvalue weighted by Gasteiger charge is -2.14. The smallest absolute Gasteiger partial charge is 0.130 e. The molecule has 4 aromatic carbocycles. The first-order valence-electron chi connectivity index (χ1n) is 9.30. The summed E-state index contributed by atoms with van der Waals surface area (Å²) in [6.45, 7) is 0. The third-order valence-electron chi connectivity index (χ3n) is 4.64. The maximum absolute atomic E-state index is 6.39. The predicted molar refractivity (Wildman–Crippen MR) is 111 cm³/mol. The maximum atomic E-state index is 6.39. The molecule has 0 fully saturated rings. The van der Waals surface area contributed by atoms with Crippen LogP contribution in [0.1, 0.15) is 22.3 Å². The van der Waals surface area contributed by atoms with Crippen LogP contribution in [0, 0.1) is 0 Å². The molecule has 0 aliphatic carbocycles. The first-order chi connectivity index (χ1) is 13.4. The van der Waals surface area contributed by atoms with Gasteiger partial charge in [-0.25, -0.2) is 0 Å². The Morgan fingerprint density at radius 1 is 0.407 bits per heavy atom. The van der Waals surface area contributed by atoms with Gasteiger partial charge < -0.3 is 4.74 Å². The summed E-state index contributed by atoms with van der Waals surface area (Å²) >= 11 is 0. The molecule has 1 heteroatoms. The van der Waals surface area contributed by atoms with Crippen LogP contribution in [-0.2, 0) is 12.8 Å². The zero-order valence-electron chi connectivity index (χ0n) is 15.2. The van der Waals surface area contributed by atoms with Crippen LogP contribution in [0.15, 0.2) is 109 Å². The van der Waals surface area contributed by atoms with E-state index >= 15 is 0 Å². The molecule has 0 aliphatic heterocycles. The molecule has 1 nitrogen and oxygen atoms in total. The lowest BCUT2D eigenvalue weighted by atomic mass is 10.0. The van der Waals surface area contributed by atoms with Gasteiger partial charge in [-0.15, -0.1) is 0 Å². The minimum atomic E-state index is 0.859. The lowest BCUT2D eigenvalue weighted by molar-refractivity contribution is 0.472. The van der Waals surface area contributed by atoms with Crippen LogP contribution in [0.3, 0.4) is 0 Å². The highest BCUT2D eigenvalue weighted by molar-refractivity contribution is 5.44. The van der Waals surface area contributed by atoms with E-state index in [0.717, 1.165) is 24.3 Å². The Morgan fingerprint density at radius 2 is 0.778 bits per heavy atom. The van der Waals surface area contributed by atoms with Crippen LogP contribution < -0.4 is 4.74 Å². The summed E-state index contributed by atoms with van der Waals surface area (Å²) in [7, 11) is 0. The number of benzene rings is 4. The number of para-hydroxylation sites is 2. The van der Waals surface area contributed by atoms with E-state index in [1.165, 1.54) is 22.3 Å². The van der Waals surface area contributed by atoms with E-state index < -0.39 is 0 Å². The highest BCUT2D eigenvalue weighted by Crippen LogP contribution is 2.30. The summed E-state index contributed by atoms with van der Waals surface area (Å²) in [5.74, 6) is 1.84. The fourth-order valence-corrected chi connectivity index (χ4v) is 3.25. The minimum Gasteiger partial charge on any atom is -0.457 e. The molecule has 0 spiro atoms. The number of rotatable bonds is 6. The van der Waals surface area contributed by atoms with Gasteiger partial charge in [0.2, 0.25) is 0 Å². The highest BCUT2D eigenvalue weighted by atomic mass is 16.5. The molecule has 0 bridgehead atoms. The first kappa shape index (κ1) is 17.1. The lowest BCUT2D eigenvalue weighted by Crippen LogP contribution is -1.97. The Kier molecular flexibility index (Phi) is 5.31. The van der Waals surface area contributed by atoms with Gasteiger partial charge in [0.15, 0.2) is 0 Å². The topological polar surface area (TPSA) is 9.23 Å². The van der Waals surface area contributed by atoms with Crippen molar-refractivity contribution in [2.75, 3.05) is 0 Å². The molecule has 4 aromatic rings. The largest absolute Gasteiger partial charge is 0.457 e. The maximum Gasteiger partial charge on any atom is 0.130 e. The van der Waals surface area contributed by atoms with Gasteiger partial charge in [0.1, 0.15) is 11.5 Å². The van der Waals surface area contributed by atoms with E-state index in [1.807, 2.05) is 24.3 Å². The molecule has 0 saturated carbocycles. The average Bonchev–Trinajstić information content (AvgIpc) is 2.72. The van der Waals surface area contributed by atoms with E-state index in [0.29, 0.717) is 0 Å². The van der Waals surface area contributed by atoms with Crippen molar-refractivity contribution >= 4 is 0 Å². The van der Waals surface area contributed by atoms with Crippen molar-refractivity contribution in [2.45, 2.75) is 12.8 Å². The highest BCUT2D eigenvalue weighted by Gasteiger charge is 2.09. The Morgan fingerprint density at radius 3 is 1.22 bits per heavy atom. The Labute approximate surface area is 160 Å². The molecule has 0 unspecified atom stereocenters. The van der Waals surface area contributed by atoms with Crippen molar-refractivity contribution in [3.8, 4) is 11.5 Å². The van der Waals surface area contributed by atoms with Crippen molar-refractivity contribution in [3.05, 3.63) is 131 Å². The van der Waals surface area contributed by atoms with Gasteiger partial charge in [-0.1, -0.05) is 97.1 Å². The van der Waals surface area contributed by atoms with E-state index in [2.05, 4.69) is 84.9 Å². The second kappa shape index (κ2) is 8.37. The molecule has 0 amide bonds. The van der Waals surface area contributed by atoms with Gasteiger partial charge in [-0.2, -0.15) is 0 Å². The van der Waals surface area contributed by atoms with Crippen molar-refractivity contribution in [3.63, 3.8) is 0 Å². The van der Waals surface area contributed by atoms with Crippen molar-refractivity contribution in [1.29, 1.82) is 0 Å². The molecule has 0 N–H and O–H groups in total. The minimum absolute atomic E-state index is 0.859. The monoisotopic (exact) mass is 350 g/mol. The zero-order valence-corrected chi connectivity index (χ0v) is 15.2. The standard InChI is InChI=1S/C26H22O/c1-3-11-21(12-4-1)19-23-15-7-9-17-25(23)27-26-18-10-8-16-24(26)20-22-13-5-2-6-14-22/h1-18H,19-20H2. The summed E-state index contributed by atoms with van der Waals surface area (Å²) in [5.41, 5.74) is 4.95. The molecule has 0 radical (unpaired) electrons. The molecular formula is C26H22O. The van der Waals surface area contributed by atoms with Gasteiger partial charge in [0, 0.05) is 12.8 Å². The van der Waals surface area contributed by atoms with Crippen molar-refractivity contribution < 1.29 is 4.74 Å². The van der Waals surface area contributed by atoms with Crippen LogP contribution >= 0.6 is 0 Å². The van der Waals surface area contributed by atoms with Gasteiger partial charge in [0.25, 0.3) is 0 Å². The Bertz CT molecular complexity index is 908. The van der Waals surface area contributed by atoms with Gasteiger partial charge >= 0.3 is 0 Å². The van der Waals surface area contributed by atoms with Crippen molar-refractivity contribution in [2.24, 2.45) is 0 Å². The van der Waals surface area contributed by atoms with Crippen LogP contribution in [-0.4, -0.2) is 0 Å². The molecule has 0 aromatic heterocycles. The van der Waals surface area contributed by atoms with Gasteiger partial charge in [-0.05, 0) is 34.4 Å². The predicted octanol–water partition coefficient (Wildman–Crippen LogP) is 6.66. The second-order valence-electron chi connectivity index (χ2n) is 6.64. The number of ether oxygens (including phenoxy) is 1. The first-order valence-corrected chi connectivity index (χ1v) is 9.30. The van der Waals surface area contributed by atoms with E-state index in [1.54, 1.807) is 0 Å². The van der Waals surface area contributed by atoms with E-state index in [-0.39, 0.29) is 0 Å². The molecule has 4 rings (SSSR count). The molecule has 0 atom stereocenters. The van der Waals surface area contributed by atoms with Gasteiger partial charge in [0.05, 0.1) is 0 Å². The quantitative estimate of drug-likeness (QED) is 0.378. The second-order valence-corrected chi connectivity index (χ2v) is 6.64. The summed E-state index contributed by atoms with van der Waals surface area (Å²) in [6.07, 6.45) is 1.72. The third kappa shape index (κ3) is 4.45. The fraction of sp³-hybridized carbons (Fsp3) is 0.0769. The molecule has 0 aliphatic rings. The zero-order chi connectivity index (χ0) is 18.3. The molecule has 132 valence electrons. The van der Waals surface area contributed by atoms with Crippen LogP contribution in [0.5, 0.6) is 11.5 Å².